The van der Waals surface area contributed by atoms with Crippen LogP contribution in [0.4, 0.5) is 0 Å². The van der Waals surface area contributed by atoms with Gasteiger partial charge in [0.25, 0.3) is 0 Å². The highest BCUT2D eigenvalue weighted by molar-refractivity contribution is 6.30. The molecule has 0 aromatic heterocycles. The molecular weight excluding hydrogens is 250 g/mol. The summed E-state index contributed by atoms with van der Waals surface area (Å²) in [5.41, 5.74) is 6.87. The summed E-state index contributed by atoms with van der Waals surface area (Å²) in [7, 11) is 0. The number of benzene rings is 1. The Bertz CT molecular complexity index is 424. The molecule has 2 unspecified atom stereocenters. The molecule has 1 heterocycles. The SMILES string of the molecule is NC1CNC(C(=O)NCCc2cccc(Cl)c2)C1. The number of carbonyl (C=O) groups is 1. The number of rotatable bonds is 4. The van der Waals surface area contributed by atoms with Crippen molar-refractivity contribution in [3.05, 3.63) is 34.9 Å². The van der Waals surface area contributed by atoms with E-state index < -0.39 is 0 Å². The highest BCUT2D eigenvalue weighted by Crippen LogP contribution is 2.10. The lowest BCUT2D eigenvalue weighted by Crippen LogP contribution is -2.41. The molecule has 1 amide bonds. The number of carbonyl (C=O) groups excluding carboxylic acids is 1. The van der Waals surface area contributed by atoms with Crippen molar-refractivity contribution in [1.29, 1.82) is 0 Å². The van der Waals surface area contributed by atoms with Crippen LogP contribution in [0, 0.1) is 0 Å². The van der Waals surface area contributed by atoms with Crippen LogP contribution in [0.5, 0.6) is 0 Å². The van der Waals surface area contributed by atoms with Gasteiger partial charge in [0, 0.05) is 24.2 Å². The molecule has 1 aromatic rings. The highest BCUT2D eigenvalue weighted by Gasteiger charge is 2.26. The second-order valence-electron chi connectivity index (χ2n) is 4.63. The molecule has 5 heteroatoms. The van der Waals surface area contributed by atoms with Crippen LogP contribution in [0.15, 0.2) is 24.3 Å². The average Bonchev–Trinajstić information content (AvgIpc) is 2.76. The molecule has 18 heavy (non-hydrogen) atoms. The van der Waals surface area contributed by atoms with E-state index in [4.69, 9.17) is 17.3 Å². The van der Waals surface area contributed by atoms with Gasteiger partial charge in [-0.2, -0.15) is 0 Å². The molecule has 1 aromatic carbocycles. The first-order chi connectivity index (χ1) is 8.65. The van der Waals surface area contributed by atoms with Crippen molar-refractivity contribution in [3.8, 4) is 0 Å². The van der Waals surface area contributed by atoms with Crippen molar-refractivity contribution in [2.45, 2.75) is 24.9 Å². The van der Waals surface area contributed by atoms with Gasteiger partial charge in [-0.3, -0.25) is 4.79 Å². The number of nitrogens with one attached hydrogen (secondary N) is 2. The summed E-state index contributed by atoms with van der Waals surface area (Å²) in [5, 5.41) is 6.74. The first-order valence-corrected chi connectivity index (χ1v) is 6.54. The molecule has 98 valence electrons. The molecule has 1 saturated heterocycles. The van der Waals surface area contributed by atoms with E-state index in [0.29, 0.717) is 19.5 Å². The van der Waals surface area contributed by atoms with Crippen molar-refractivity contribution in [1.82, 2.24) is 10.6 Å². The normalized spacial score (nSPS) is 23.0. The zero-order valence-corrected chi connectivity index (χ0v) is 10.9. The van der Waals surface area contributed by atoms with Crippen molar-refractivity contribution < 1.29 is 4.79 Å². The van der Waals surface area contributed by atoms with E-state index in [1.54, 1.807) is 0 Å². The lowest BCUT2D eigenvalue weighted by molar-refractivity contribution is -0.122. The lowest BCUT2D eigenvalue weighted by atomic mass is 10.1. The predicted octanol–water partition coefficient (Wildman–Crippen LogP) is 0.688. The average molecular weight is 268 g/mol. The van der Waals surface area contributed by atoms with E-state index in [0.717, 1.165) is 17.0 Å². The first kappa shape index (κ1) is 13.3. The lowest BCUT2D eigenvalue weighted by Gasteiger charge is -2.11. The third-order valence-corrected chi connectivity index (χ3v) is 3.32. The Morgan fingerprint density at radius 2 is 2.39 bits per heavy atom. The molecule has 0 aliphatic carbocycles. The second kappa shape index (κ2) is 6.18. The third-order valence-electron chi connectivity index (χ3n) is 3.08. The number of hydrogen-bond acceptors (Lipinski definition) is 3. The Morgan fingerprint density at radius 1 is 1.56 bits per heavy atom. The van der Waals surface area contributed by atoms with Gasteiger partial charge in [0.15, 0.2) is 0 Å². The smallest absolute Gasteiger partial charge is 0.237 e. The fourth-order valence-corrected chi connectivity index (χ4v) is 2.32. The summed E-state index contributed by atoms with van der Waals surface area (Å²) in [6, 6.07) is 7.62. The van der Waals surface area contributed by atoms with Gasteiger partial charge in [0.1, 0.15) is 0 Å². The monoisotopic (exact) mass is 267 g/mol. The minimum atomic E-state index is -0.139. The van der Waals surface area contributed by atoms with Crippen LogP contribution in [-0.2, 0) is 11.2 Å². The van der Waals surface area contributed by atoms with Gasteiger partial charge < -0.3 is 16.4 Å². The fraction of sp³-hybridized carbons (Fsp3) is 0.462. The maximum Gasteiger partial charge on any atom is 0.237 e. The summed E-state index contributed by atoms with van der Waals surface area (Å²) >= 11 is 5.89. The first-order valence-electron chi connectivity index (χ1n) is 6.16. The van der Waals surface area contributed by atoms with E-state index >= 15 is 0 Å². The molecule has 2 rings (SSSR count). The van der Waals surface area contributed by atoms with Crippen molar-refractivity contribution in [2.24, 2.45) is 5.73 Å². The summed E-state index contributed by atoms with van der Waals surface area (Å²) in [5.74, 6) is 0.0324. The fourth-order valence-electron chi connectivity index (χ4n) is 2.11. The van der Waals surface area contributed by atoms with Crippen molar-refractivity contribution >= 4 is 17.5 Å². The maximum absolute atomic E-state index is 11.8. The van der Waals surface area contributed by atoms with Crippen LogP contribution < -0.4 is 16.4 Å². The highest BCUT2D eigenvalue weighted by atomic mass is 35.5. The molecule has 2 atom stereocenters. The molecule has 1 aliphatic heterocycles. The molecule has 0 spiro atoms. The summed E-state index contributed by atoms with van der Waals surface area (Å²) < 4.78 is 0. The second-order valence-corrected chi connectivity index (χ2v) is 5.06. The summed E-state index contributed by atoms with van der Waals surface area (Å²) in [6.07, 6.45) is 1.49. The molecular formula is C13H18ClN3O. The quantitative estimate of drug-likeness (QED) is 0.752. The molecule has 0 saturated carbocycles. The topological polar surface area (TPSA) is 67.1 Å². The molecule has 0 bridgehead atoms. The number of hydrogen-bond donors (Lipinski definition) is 3. The van der Waals surface area contributed by atoms with Gasteiger partial charge in [-0.1, -0.05) is 23.7 Å². The van der Waals surface area contributed by atoms with Crippen LogP contribution in [0.1, 0.15) is 12.0 Å². The van der Waals surface area contributed by atoms with E-state index in [1.807, 2.05) is 24.3 Å². The van der Waals surface area contributed by atoms with E-state index in [1.165, 1.54) is 0 Å². The standard InChI is InChI=1S/C13H18ClN3O/c14-10-3-1-2-9(6-10)4-5-16-13(18)12-7-11(15)8-17-12/h1-3,6,11-12,17H,4-5,7-8,15H2,(H,16,18). The number of amides is 1. The Balaban J connectivity index is 1.73. The molecule has 1 fully saturated rings. The molecule has 1 aliphatic rings. The Morgan fingerprint density at radius 3 is 3.06 bits per heavy atom. The number of halogens is 1. The van der Waals surface area contributed by atoms with Crippen LogP contribution in [-0.4, -0.2) is 31.1 Å². The van der Waals surface area contributed by atoms with Crippen molar-refractivity contribution in [3.63, 3.8) is 0 Å². The van der Waals surface area contributed by atoms with Crippen molar-refractivity contribution in [2.75, 3.05) is 13.1 Å². The minimum absolute atomic E-state index is 0.0324. The van der Waals surface area contributed by atoms with Gasteiger partial charge in [0.2, 0.25) is 5.91 Å². The molecule has 0 radical (unpaired) electrons. The number of nitrogens with two attached hydrogens (primary N) is 1. The largest absolute Gasteiger partial charge is 0.354 e. The summed E-state index contributed by atoms with van der Waals surface area (Å²) in [6.45, 7) is 1.33. The van der Waals surface area contributed by atoms with Gasteiger partial charge in [-0.15, -0.1) is 0 Å². The molecule has 4 N–H and O–H groups in total. The van der Waals surface area contributed by atoms with Crippen LogP contribution >= 0.6 is 11.6 Å². The minimum Gasteiger partial charge on any atom is -0.354 e. The Kier molecular flexibility index (Phi) is 4.58. The zero-order valence-electron chi connectivity index (χ0n) is 10.2. The third kappa shape index (κ3) is 3.70. The van der Waals surface area contributed by atoms with Gasteiger partial charge in [-0.05, 0) is 30.5 Å². The van der Waals surface area contributed by atoms with Gasteiger partial charge in [-0.25, -0.2) is 0 Å². The summed E-state index contributed by atoms with van der Waals surface area (Å²) in [4.78, 5) is 11.8. The predicted molar refractivity (Wildman–Crippen MR) is 72.5 cm³/mol. The van der Waals surface area contributed by atoms with Crippen LogP contribution in [0.3, 0.4) is 0 Å². The Hall–Kier alpha value is -1.10. The van der Waals surface area contributed by atoms with Crippen LogP contribution in [0.2, 0.25) is 5.02 Å². The van der Waals surface area contributed by atoms with E-state index in [2.05, 4.69) is 10.6 Å². The molecule has 4 nitrogen and oxygen atoms in total. The maximum atomic E-state index is 11.8. The van der Waals surface area contributed by atoms with E-state index in [9.17, 15) is 4.79 Å². The van der Waals surface area contributed by atoms with Gasteiger partial charge >= 0.3 is 0 Å². The van der Waals surface area contributed by atoms with Crippen LogP contribution in [0.25, 0.3) is 0 Å². The Labute approximate surface area is 112 Å². The van der Waals surface area contributed by atoms with E-state index in [-0.39, 0.29) is 18.0 Å². The van der Waals surface area contributed by atoms with Gasteiger partial charge in [0.05, 0.1) is 6.04 Å². The zero-order chi connectivity index (χ0) is 13.0.